The van der Waals surface area contributed by atoms with Gasteiger partial charge in [0.15, 0.2) is 0 Å². The van der Waals surface area contributed by atoms with Crippen molar-refractivity contribution in [2.75, 3.05) is 13.2 Å². The first kappa shape index (κ1) is 27.7. The number of ether oxygens (including phenoxy) is 1. The molecule has 1 aliphatic rings. The number of nitrogens with zero attached hydrogens (tertiary/aromatic N) is 3. The maximum absolute atomic E-state index is 13.1. The number of nitrogens with one attached hydrogen (secondary N) is 1. The van der Waals surface area contributed by atoms with Crippen LogP contribution in [0.15, 0.2) is 46.7 Å². The van der Waals surface area contributed by atoms with Gasteiger partial charge in [-0.15, -0.1) is 11.3 Å². The summed E-state index contributed by atoms with van der Waals surface area (Å²) in [6, 6.07) is 8.48. The second kappa shape index (κ2) is 11.2. The molecule has 0 radical (unpaired) electrons. The predicted octanol–water partition coefficient (Wildman–Crippen LogP) is 4.70. The average Bonchev–Trinajstić information content (AvgIpc) is 3.52. The first-order valence-corrected chi connectivity index (χ1v) is 14.6. The van der Waals surface area contributed by atoms with Crippen molar-refractivity contribution in [1.29, 1.82) is 0 Å². The molecule has 14 heteroatoms. The molecule has 3 heterocycles. The van der Waals surface area contributed by atoms with Crippen LogP contribution in [0.2, 0.25) is 0 Å². The molecule has 1 saturated heterocycles. The molecule has 3 aromatic rings. The number of thiophene rings is 1. The minimum atomic E-state index is -4.46. The standard InChI is InChI=1S/C23H22F3IN4O4S2/c1-2-35-22-29-16(12-17(30-22)14-5-7-15(8-6-14)23(24,25)26)13-28-21(32)18-4-3-11-31(18)37(33,34)20-10-9-19(27)36-20/h5-10,12,18H,2-4,11,13H2,1H3,(H,28,32)/t18-/m0/s1. The summed E-state index contributed by atoms with van der Waals surface area (Å²) in [5.74, 6) is -0.458. The first-order valence-electron chi connectivity index (χ1n) is 11.2. The molecule has 1 aliphatic heterocycles. The average molecular weight is 666 g/mol. The van der Waals surface area contributed by atoms with Crippen LogP contribution in [0.3, 0.4) is 0 Å². The van der Waals surface area contributed by atoms with Gasteiger partial charge in [0.05, 0.1) is 33.0 Å². The fourth-order valence-electron chi connectivity index (χ4n) is 3.87. The fourth-order valence-corrected chi connectivity index (χ4v) is 8.03. The number of rotatable bonds is 8. The summed E-state index contributed by atoms with van der Waals surface area (Å²) >= 11 is 3.19. The third-order valence-electron chi connectivity index (χ3n) is 5.60. The molecule has 4 rings (SSSR count). The lowest BCUT2D eigenvalue weighted by Gasteiger charge is -2.22. The number of aromatic nitrogens is 2. The van der Waals surface area contributed by atoms with E-state index in [1.165, 1.54) is 22.5 Å². The van der Waals surface area contributed by atoms with Crippen molar-refractivity contribution >= 4 is 49.9 Å². The lowest BCUT2D eigenvalue weighted by atomic mass is 10.1. The van der Waals surface area contributed by atoms with Gasteiger partial charge in [-0.1, -0.05) is 12.1 Å². The van der Waals surface area contributed by atoms with Crippen molar-refractivity contribution in [1.82, 2.24) is 19.6 Å². The Kier molecular flexibility index (Phi) is 8.40. The second-order valence-electron chi connectivity index (χ2n) is 8.09. The van der Waals surface area contributed by atoms with Crippen molar-refractivity contribution in [2.24, 2.45) is 0 Å². The smallest absolute Gasteiger partial charge is 0.416 e. The monoisotopic (exact) mass is 666 g/mol. The van der Waals surface area contributed by atoms with Crippen LogP contribution in [0.4, 0.5) is 13.2 Å². The number of alkyl halides is 3. The summed E-state index contributed by atoms with van der Waals surface area (Å²) in [5, 5.41) is 2.74. The van der Waals surface area contributed by atoms with E-state index in [1.54, 1.807) is 19.1 Å². The van der Waals surface area contributed by atoms with Crippen molar-refractivity contribution in [3.63, 3.8) is 0 Å². The largest absolute Gasteiger partial charge is 0.464 e. The van der Waals surface area contributed by atoms with Crippen LogP contribution in [0, 0.1) is 2.88 Å². The second-order valence-corrected chi connectivity index (χ2v) is 13.2. The van der Waals surface area contributed by atoms with Crippen LogP contribution >= 0.6 is 33.9 Å². The molecule has 1 N–H and O–H groups in total. The number of hydrogen-bond acceptors (Lipinski definition) is 7. The lowest BCUT2D eigenvalue weighted by molar-refractivity contribution is -0.137. The Labute approximate surface area is 229 Å². The number of carbonyl (C=O) groups excluding carboxylic acids is 1. The van der Waals surface area contributed by atoms with Gasteiger partial charge < -0.3 is 10.1 Å². The molecule has 1 atom stereocenters. The molecule has 1 aromatic carbocycles. The summed E-state index contributed by atoms with van der Waals surface area (Å²) in [5.41, 5.74) is 0.328. The topological polar surface area (TPSA) is 101 Å². The molecule has 37 heavy (non-hydrogen) atoms. The summed E-state index contributed by atoms with van der Waals surface area (Å²) < 4.78 is 72.6. The van der Waals surface area contributed by atoms with Crippen molar-refractivity contribution in [3.8, 4) is 17.3 Å². The summed E-state index contributed by atoms with van der Waals surface area (Å²) in [6.07, 6.45) is -3.52. The van der Waals surface area contributed by atoms with E-state index in [1.807, 2.05) is 22.6 Å². The minimum absolute atomic E-state index is 0.0153. The summed E-state index contributed by atoms with van der Waals surface area (Å²) in [7, 11) is -3.81. The normalized spacial score (nSPS) is 16.6. The Balaban J connectivity index is 1.51. The molecule has 198 valence electrons. The van der Waals surface area contributed by atoms with Crippen LogP contribution in [-0.4, -0.2) is 47.8 Å². The number of amides is 1. The van der Waals surface area contributed by atoms with Gasteiger partial charge in [-0.25, -0.2) is 8.42 Å². The molecular weight excluding hydrogens is 644 g/mol. The van der Waals surface area contributed by atoms with Crippen LogP contribution in [0.1, 0.15) is 31.0 Å². The number of sulfonamides is 1. The van der Waals surface area contributed by atoms with Crippen LogP contribution in [0.25, 0.3) is 11.3 Å². The van der Waals surface area contributed by atoms with E-state index in [4.69, 9.17) is 4.74 Å². The SMILES string of the molecule is CCOc1nc(CNC(=O)[C@@H]2CCCN2S(=O)(=O)c2ccc(I)s2)cc(-c2ccc(C(F)(F)F)cc2)n1. The predicted molar refractivity (Wildman–Crippen MR) is 139 cm³/mol. The molecule has 1 fully saturated rings. The van der Waals surface area contributed by atoms with E-state index < -0.39 is 33.7 Å². The number of hydrogen-bond donors (Lipinski definition) is 1. The van der Waals surface area contributed by atoms with E-state index in [9.17, 15) is 26.4 Å². The molecule has 8 nitrogen and oxygen atoms in total. The molecule has 0 unspecified atom stereocenters. The minimum Gasteiger partial charge on any atom is -0.464 e. The van der Waals surface area contributed by atoms with E-state index >= 15 is 0 Å². The molecular formula is C23H22F3IN4O4S2. The van der Waals surface area contributed by atoms with Gasteiger partial charge in [0.1, 0.15) is 10.3 Å². The van der Waals surface area contributed by atoms with Gasteiger partial charge in [0, 0.05) is 12.1 Å². The Morgan fingerprint density at radius 3 is 2.57 bits per heavy atom. The van der Waals surface area contributed by atoms with Gasteiger partial charge in [0.2, 0.25) is 5.91 Å². The quantitative estimate of drug-likeness (QED) is 0.350. The molecule has 0 spiro atoms. The van der Waals surface area contributed by atoms with E-state index in [0.717, 1.165) is 26.4 Å². The molecule has 1 amide bonds. The Bertz CT molecular complexity index is 1380. The Morgan fingerprint density at radius 2 is 1.95 bits per heavy atom. The Hall–Kier alpha value is -2.30. The fraction of sp³-hybridized carbons (Fsp3) is 0.348. The number of halogens is 4. The van der Waals surface area contributed by atoms with Gasteiger partial charge in [-0.05, 0) is 72.7 Å². The highest BCUT2D eigenvalue weighted by Crippen LogP contribution is 2.32. The third kappa shape index (κ3) is 6.41. The zero-order valence-corrected chi connectivity index (χ0v) is 23.2. The lowest BCUT2D eigenvalue weighted by Crippen LogP contribution is -2.45. The number of benzene rings is 1. The van der Waals surface area contributed by atoms with Crippen LogP contribution in [-0.2, 0) is 27.5 Å². The highest BCUT2D eigenvalue weighted by Gasteiger charge is 2.40. The zero-order valence-electron chi connectivity index (χ0n) is 19.5. The van der Waals surface area contributed by atoms with Crippen molar-refractivity contribution in [2.45, 2.75) is 42.7 Å². The highest BCUT2D eigenvalue weighted by atomic mass is 127. The van der Waals surface area contributed by atoms with Gasteiger partial charge in [0.25, 0.3) is 10.0 Å². The highest BCUT2D eigenvalue weighted by molar-refractivity contribution is 14.1. The van der Waals surface area contributed by atoms with E-state index in [2.05, 4.69) is 15.3 Å². The van der Waals surface area contributed by atoms with Gasteiger partial charge in [-0.3, -0.25) is 4.79 Å². The number of carbonyl (C=O) groups is 1. The maximum atomic E-state index is 13.1. The van der Waals surface area contributed by atoms with Gasteiger partial charge >= 0.3 is 12.2 Å². The van der Waals surface area contributed by atoms with Crippen molar-refractivity contribution < 1.29 is 31.1 Å². The Morgan fingerprint density at radius 1 is 1.22 bits per heavy atom. The third-order valence-corrected chi connectivity index (χ3v) is 9.87. The molecule has 0 saturated carbocycles. The maximum Gasteiger partial charge on any atom is 0.416 e. The van der Waals surface area contributed by atoms with Crippen LogP contribution < -0.4 is 10.1 Å². The summed E-state index contributed by atoms with van der Waals surface area (Å²) in [6.45, 7) is 2.20. The molecule has 0 aliphatic carbocycles. The molecule has 2 aromatic heterocycles. The van der Waals surface area contributed by atoms with Gasteiger partial charge in [-0.2, -0.15) is 27.4 Å². The van der Waals surface area contributed by atoms with Crippen molar-refractivity contribution in [3.05, 3.63) is 56.6 Å². The van der Waals surface area contributed by atoms with E-state index in [-0.39, 0.29) is 29.9 Å². The zero-order chi connectivity index (χ0) is 26.8. The van der Waals surface area contributed by atoms with Crippen LogP contribution in [0.5, 0.6) is 6.01 Å². The van der Waals surface area contributed by atoms with E-state index in [0.29, 0.717) is 29.8 Å². The first-order chi connectivity index (χ1) is 17.5. The summed E-state index contributed by atoms with van der Waals surface area (Å²) in [4.78, 5) is 21.5. The molecule has 0 bridgehead atoms.